The van der Waals surface area contributed by atoms with Gasteiger partial charge in [-0.25, -0.2) is 0 Å². The summed E-state index contributed by atoms with van der Waals surface area (Å²) in [6, 6.07) is 0. The minimum Gasteiger partial charge on any atom is -0.368 e. The van der Waals surface area contributed by atoms with Gasteiger partial charge in [-0.1, -0.05) is 0 Å². The largest absolute Gasteiger partial charge is 0.671 e. The first-order valence-corrected chi connectivity index (χ1v) is 3.62. The number of hydrogen-bond donors (Lipinski definition) is 3. The fraction of sp³-hybridized carbons (Fsp3) is 1.00. The van der Waals surface area contributed by atoms with Crippen LogP contribution in [0.1, 0.15) is 6.92 Å². The van der Waals surface area contributed by atoms with Gasteiger partial charge in [0.2, 0.25) is 0 Å². The van der Waals surface area contributed by atoms with E-state index in [-0.39, 0.29) is 26.1 Å². The zero-order valence-electron chi connectivity index (χ0n) is 4.66. The Morgan fingerprint density at radius 2 is 1.75 bits per heavy atom. The molecule has 0 atom stereocenters. The van der Waals surface area contributed by atoms with Gasteiger partial charge in [0, 0.05) is 26.1 Å². The first-order valence-electron chi connectivity index (χ1n) is 1.87. The zero-order chi connectivity index (χ0) is 5.91. The molecule has 0 amide bonds. The van der Waals surface area contributed by atoms with Gasteiger partial charge in [0.25, 0.3) is 0 Å². The molecule has 0 aromatic heterocycles. The van der Waals surface area contributed by atoms with Gasteiger partial charge in [0.15, 0.2) is 0 Å². The van der Waals surface area contributed by atoms with Crippen molar-refractivity contribution < 1.29 is 38.3 Å². The Labute approximate surface area is 61.4 Å². The summed E-state index contributed by atoms with van der Waals surface area (Å²) in [4.78, 5) is 24.1. The summed E-state index contributed by atoms with van der Waals surface area (Å²) >= 11 is 0. The average Bonchev–Trinajstić information content (AvgIpc) is 1.30. The molecule has 0 fully saturated rings. The molecule has 0 saturated carbocycles. The Hall–Kier alpha value is 0.680. The first-order chi connectivity index (χ1) is 3.06. The maximum Gasteiger partial charge on any atom is 0.671 e. The van der Waals surface area contributed by atoms with E-state index in [0.717, 1.165) is 0 Å². The van der Waals surface area contributed by atoms with Gasteiger partial charge in [-0.3, -0.25) is 0 Å². The van der Waals surface area contributed by atoms with Crippen LogP contribution in [-0.4, -0.2) is 30.0 Å². The molecule has 46 valence electrons. The molecule has 8 heavy (non-hydrogen) atoms. The molecule has 0 bridgehead atoms. The zero-order valence-corrected chi connectivity index (χ0v) is 8.63. The van der Waals surface area contributed by atoms with E-state index < -0.39 is 9.05 Å². The predicted octanol–water partition coefficient (Wildman–Crippen LogP) is -1.57. The van der Waals surface area contributed by atoms with Gasteiger partial charge < -0.3 is 18.8 Å². The normalized spacial score (nSPS) is 10.5. The second kappa shape index (κ2) is 4.55. The molecule has 3 N–H and O–H groups in total. The van der Waals surface area contributed by atoms with Gasteiger partial charge >= 0.3 is 9.05 Å². The van der Waals surface area contributed by atoms with Crippen molar-refractivity contribution in [2.24, 2.45) is 0 Å². The average molecular weight is 190 g/mol. The maximum absolute atomic E-state index is 8.05. The van der Waals surface area contributed by atoms with E-state index in [2.05, 4.69) is 4.43 Å². The minimum absolute atomic E-state index is 0. The number of rotatable bonds is 2. The van der Waals surface area contributed by atoms with Gasteiger partial charge in [0.05, 0.1) is 0 Å². The van der Waals surface area contributed by atoms with Gasteiger partial charge in [-0.2, -0.15) is 0 Å². The molecule has 0 radical (unpaired) electrons. The van der Waals surface area contributed by atoms with Crippen LogP contribution in [-0.2, 0) is 23.9 Å². The van der Waals surface area contributed by atoms with Gasteiger partial charge in [-0.15, -0.1) is 0 Å². The van der Waals surface area contributed by atoms with E-state index in [1.165, 1.54) is 0 Å². The standard InChI is InChI=1S/C2H8O4Si.Zn/c1-2-6-7(3,4)5;/h3-5H,2H2,1H3;. The monoisotopic (exact) mass is 188 g/mol. The molecule has 0 heterocycles. The Bertz CT molecular complexity index is 52.5. The van der Waals surface area contributed by atoms with Crippen molar-refractivity contribution >= 4 is 9.05 Å². The van der Waals surface area contributed by atoms with Crippen molar-refractivity contribution in [2.45, 2.75) is 6.92 Å². The van der Waals surface area contributed by atoms with Crippen molar-refractivity contribution in [3.05, 3.63) is 0 Å². The van der Waals surface area contributed by atoms with Crippen LogP contribution >= 0.6 is 0 Å². The third-order valence-electron chi connectivity index (χ3n) is 0.338. The van der Waals surface area contributed by atoms with Crippen molar-refractivity contribution in [3.8, 4) is 0 Å². The second-order valence-electron chi connectivity index (χ2n) is 1.01. The van der Waals surface area contributed by atoms with E-state index in [0.29, 0.717) is 0 Å². The molecule has 0 rings (SSSR count). The maximum atomic E-state index is 8.05. The van der Waals surface area contributed by atoms with Gasteiger partial charge in [-0.05, 0) is 6.92 Å². The van der Waals surface area contributed by atoms with Crippen molar-refractivity contribution in [1.82, 2.24) is 0 Å². The quantitative estimate of drug-likeness (QED) is 0.459. The summed E-state index contributed by atoms with van der Waals surface area (Å²) < 4.78 is 4.03. The summed E-state index contributed by atoms with van der Waals surface area (Å²) in [7, 11) is -4.16. The Balaban J connectivity index is 0. The topological polar surface area (TPSA) is 69.9 Å². The van der Waals surface area contributed by atoms with Crippen LogP contribution in [0.25, 0.3) is 0 Å². The molecule has 0 saturated heterocycles. The van der Waals surface area contributed by atoms with E-state index in [4.69, 9.17) is 14.4 Å². The molecular formula is C2H8O4SiZn. The van der Waals surface area contributed by atoms with E-state index >= 15 is 0 Å². The van der Waals surface area contributed by atoms with Crippen LogP contribution in [0, 0.1) is 0 Å². The first kappa shape index (κ1) is 11.5. The van der Waals surface area contributed by atoms with E-state index in [1.54, 1.807) is 6.92 Å². The van der Waals surface area contributed by atoms with Crippen LogP contribution < -0.4 is 0 Å². The third-order valence-corrected chi connectivity index (χ3v) is 1.01. The SMILES string of the molecule is CCO[Si](O)(O)O.[Zn]. The molecular weight excluding hydrogens is 181 g/mol. The van der Waals surface area contributed by atoms with Crippen LogP contribution in [0.3, 0.4) is 0 Å². The summed E-state index contributed by atoms with van der Waals surface area (Å²) in [6.45, 7) is 1.68. The van der Waals surface area contributed by atoms with E-state index in [1.807, 2.05) is 0 Å². The Morgan fingerprint density at radius 3 is 1.75 bits per heavy atom. The van der Waals surface area contributed by atoms with Gasteiger partial charge in [0.1, 0.15) is 0 Å². The van der Waals surface area contributed by atoms with Crippen LogP contribution in [0.4, 0.5) is 0 Å². The van der Waals surface area contributed by atoms with E-state index in [9.17, 15) is 0 Å². The summed E-state index contributed by atoms with van der Waals surface area (Å²) in [6.07, 6.45) is 0. The van der Waals surface area contributed by atoms with Crippen molar-refractivity contribution in [1.29, 1.82) is 0 Å². The smallest absolute Gasteiger partial charge is 0.368 e. The Morgan fingerprint density at radius 1 is 1.38 bits per heavy atom. The Kier molecular flexibility index (Phi) is 6.52. The molecule has 0 aromatic rings. The summed E-state index contributed by atoms with van der Waals surface area (Å²) in [5, 5.41) is 0. The van der Waals surface area contributed by atoms with Crippen LogP contribution in [0.15, 0.2) is 0 Å². The molecule has 6 heteroatoms. The minimum atomic E-state index is -4.16. The number of hydrogen-bond acceptors (Lipinski definition) is 4. The van der Waals surface area contributed by atoms with Crippen LogP contribution in [0.5, 0.6) is 0 Å². The molecule has 0 spiro atoms. The molecule has 4 nitrogen and oxygen atoms in total. The second-order valence-corrected chi connectivity index (χ2v) is 2.44. The molecule has 0 aliphatic rings. The summed E-state index contributed by atoms with van der Waals surface area (Å²) in [5.41, 5.74) is 0. The summed E-state index contributed by atoms with van der Waals surface area (Å²) in [5.74, 6) is 0. The third kappa shape index (κ3) is 9.84. The fourth-order valence-electron chi connectivity index (χ4n) is 0.194. The fourth-order valence-corrected chi connectivity index (χ4v) is 0.581. The molecule has 0 aliphatic carbocycles. The molecule has 0 aromatic carbocycles. The van der Waals surface area contributed by atoms with Crippen molar-refractivity contribution in [3.63, 3.8) is 0 Å². The van der Waals surface area contributed by atoms with Crippen LogP contribution in [0.2, 0.25) is 0 Å². The molecule has 0 unspecified atom stereocenters. The van der Waals surface area contributed by atoms with Crippen molar-refractivity contribution in [2.75, 3.05) is 6.61 Å². The molecule has 0 aliphatic heterocycles. The predicted molar refractivity (Wildman–Crippen MR) is 24.0 cm³/mol.